The highest BCUT2D eigenvalue weighted by Crippen LogP contribution is 2.08. The molecule has 11 heteroatoms. The van der Waals surface area contributed by atoms with Gasteiger partial charge in [-0.3, -0.25) is 4.79 Å². The molecule has 0 aliphatic rings. The first-order chi connectivity index (χ1) is 11.5. The predicted molar refractivity (Wildman–Crippen MR) is 78.8 cm³/mol. The first-order valence-electron chi connectivity index (χ1n) is 6.76. The first-order valence-corrected chi connectivity index (χ1v) is 7.42. The second-order valence-corrected chi connectivity index (χ2v) is 4.96. The van der Waals surface area contributed by atoms with Crippen LogP contribution in [0.15, 0.2) is 30.3 Å². The standard InChI is InChI=1S/C13H19NO9S/c15-9(7-21-22-23-24-20)10(16)11(17)12(18)13(19)14-6-8-4-2-1-3-5-8/h1-5,9-12,15-18,20H,6-7H2,(H,14,19)/p-1/t9-,10-,11+,12-/m1/s1. The normalized spacial score (nSPS) is 16.2. The second-order valence-electron chi connectivity index (χ2n) is 4.69. The number of nitrogens with one attached hydrogen (secondary N) is 1. The van der Waals surface area contributed by atoms with Crippen LogP contribution in [0, 0.1) is 0 Å². The van der Waals surface area contributed by atoms with Gasteiger partial charge in [-0.15, -0.1) is 4.33 Å². The fourth-order valence-corrected chi connectivity index (χ4v) is 1.75. The summed E-state index contributed by atoms with van der Waals surface area (Å²) in [5, 5.41) is 44.8. The maximum Gasteiger partial charge on any atom is 0.251 e. The minimum Gasteiger partial charge on any atom is -0.774 e. The quantitative estimate of drug-likeness (QED) is 0.134. The molecule has 4 atom stereocenters. The molecule has 136 valence electrons. The van der Waals surface area contributed by atoms with E-state index in [4.69, 9.17) is 0 Å². The van der Waals surface area contributed by atoms with E-state index >= 15 is 0 Å². The summed E-state index contributed by atoms with van der Waals surface area (Å²) < 4.78 is 13.6. The van der Waals surface area contributed by atoms with Crippen LogP contribution >= 0.6 is 12.3 Å². The van der Waals surface area contributed by atoms with Crippen LogP contribution in [0.1, 0.15) is 5.56 Å². The van der Waals surface area contributed by atoms with Crippen molar-refractivity contribution in [3.63, 3.8) is 0 Å². The lowest BCUT2D eigenvalue weighted by molar-refractivity contribution is -0.467. The number of aliphatic hydroxyl groups excluding tert-OH is 4. The molecule has 0 radical (unpaired) electrons. The van der Waals surface area contributed by atoms with Gasteiger partial charge in [0.15, 0.2) is 6.10 Å². The van der Waals surface area contributed by atoms with Gasteiger partial charge in [-0.05, 0) is 5.56 Å². The van der Waals surface area contributed by atoms with Crippen LogP contribution in [0.4, 0.5) is 0 Å². The van der Waals surface area contributed by atoms with Gasteiger partial charge < -0.3 is 30.3 Å². The average Bonchev–Trinajstić information content (AvgIpc) is 2.62. The Morgan fingerprint density at radius 2 is 1.83 bits per heavy atom. The van der Waals surface area contributed by atoms with E-state index in [2.05, 4.69) is 19.6 Å². The summed E-state index contributed by atoms with van der Waals surface area (Å²) in [7, 11) is 0. The number of hydrogen-bond acceptors (Lipinski definition) is 10. The second kappa shape index (κ2) is 11.3. The maximum absolute atomic E-state index is 11.8. The van der Waals surface area contributed by atoms with E-state index in [-0.39, 0.29) is 6.54 Å². The summed E-state index contributed by atoms with van der Waals surface area (Å²) in [6.45, 7) is -0.569. The van der Waals surface area contributed by atoms with Gasteiger partial charge in [0.05, 0.1) is 0 Å². The molecule has 0 bridgehead atoms. The van der Waals surface area contributed by atoms with Crippen molar-refractivity contribution in [2.24, 2.45) is 0 Å². The Kier molecular flexibility index (Phi) is 9.78. The van der Waals surface area contributed by atoms with Crippen molar-refractivity contribution in [3.8, 4) is 0 Å². The lowest BCUT2D eigenvalue weighted by Crippen LogP contribution is -2.51. The Hall–Kier alpha value is -1.28. The zero-order valence-corrected chi connectivity index (χ0v) is 13.2. The summed E-state index contributed by atoms with van der Waals surface area (Å²) in [5.41, 5.74) is 0.773. The van der Waals surface area contributed by atoms with Crippen molar-refractivity contribution in [1.29, 1.82) is 0 Å². The van der Waals surface area contributed by atoms with E-state index in [0.29, 0.717) is 0 Å². The Balaban J connectivity index is 2.40. The molecule has 1 aromatic rings. The largest absolute Gasteiger partial charge is 0.774 e. The summed E-state index contributed by atoms with van der Waals surface area (Å²) in [4.78, 5) is 16.0. The van der Waals surface area contributed by atoms with E-state index in [1.807, 2.05) is 0 Å². The molecule has 0 aromatic heterocycles. The molecule has 1 aromatic carbocycles. The van der Waals surface area contributed by atoms with Crippen molar-refractivity contribution < 1.29 is 44.0 Å². The summed E-state index contributed by atoms with van der Waals surface area (Å²) in [5.74, 6) is -0.930. The number of hydrogen-bond donors (Lipinski definition) is 5. The van der Waals surface area contributed by atoms with Gasteiger partial charge in [-0.1, -0.05) is 47.7 Å². The predicted octanol–water partition coefficient (Wildman–Crippen LogP) is -1.60. The highest BCUT2D eigenvalue weighted by atomic mass is 32.2. The van der Waals surface area contributed by atoms with E-state index in [1.165, 1.54) is 0 Å². The molecule has 10 nitrogen and oxygen atoms in total. The smallest absolute Gasteiger partial charge is 0.251 e. The van der Waals surface area contributed by atoms with Crippen LogP contribution in [-0.4, -0.2) is 61.9 Å². The van der Waals surface area contributed by atoms with Crippen LogP contribution in [0.25, 0.3) is 0 Å². The van der Waals surface area contributed by atoms with Crippen molar-refractivity contribution in [1.82, 2.24) is 5.32 Å². The maximum atomic E-state index is 11.8. The van der Waals surface area contributed by atoms with Gasteiger partial charge in [0, 0.05) is 6.54 Å². The van der Waals surface area contributed by atoms with Gasteiger partial charge in [0.1, 0.15) is 24.9 Å². The first kappa shape index (κ1) is 20.8. The van der Waals surface area contributed by atoms with E-state index in [0.717, 1.165) is 5.56 Å². The molecule has 0 unspecified atom stereocenters. The van der Waals surface area contributed by atoms with E-state index in [1.54, 1.807) is 30.3 Å². The van der Waals surface area contributed by atoms with Gasteiger partial charge in [-0.2, -0.15) is 0 Å². The molecule has 0 heterocycles. The third-order valence-electron chi connectivity index (χ3n) is 2.99. The molecule has 1 rings (SSSR count). The lowest BCUT2D eigenvalue weighted by Gasteiger charge is -2.25. The van der Waals surface area contributed by atoms with E-state index < -0.39 is 49.3 Å². The third-order valence-corrected chi connectivity index (χ3v) is 3.10. The van der Waals surface area contributed by atoms with Gasteiger partial charge in [0.2, 0.25) is 0 Å². The zero-order chi connectivity index (χ0) is 17.9. The monoisotopic (exact) mass is 364 g/mol. The summed E-state index contributed by atoms with van der Waals surface area (Å²) in [6, 6.07) is 8.84. The van der Waals surface area contributed by atoms with Crippen molar-refractivity contribution >= 4 is 18.2 Å². The van der Waals surface area contributed by atoms with Crippen LogP contribution in [-0.2, 0) is 25.6 Å². The molecule has 1 amide bonds. The van der Waals surface area contributed by atoms with Crippen molar-refractivity contribution in [2.45, 2.75) is 31.0 Å². The highest BCUT2D eigenvalue weighted by molar-refractivity contribution is 7.88. The topological polar surface area (TPSA) is 161 Å². The Labute approximate surface area is 141 Å². The van der Waals surface area contributed by atoms with Crippen LogP contribution < -0.4 is 5.32 Å². The molecule has 0 spiro atoms. The van der Waals surface area contributed by atoms with Gasteiger partial charge in [0.25, 0.3) is 5.91 Å². The SMILES string of the molecule is O=C(NCc1ccccc1)[C@H](O)[C@@H](O)[C@H](O)[C@H](O)COOOS[O-]. The minimum atomic E-state index is -1.98. The fraction of sp³-hybridized carbons (Fsp3) is 0.462. The van der Waals surface area contributed by atoms with E-state index in [9.17, 15) is 29.8 Å². The molecule has 0 saturated carbocycles. The molecule has 0 saturated heterocycles. The molecule has 24 heavy (non-hydrogen) atoms. The molecule has 5 N–H and O–H groups in total. The lowest BCUT2D eigenvalue weighted by atomic mass is 10.0. The Morgan fingerprint density at radius 3 is 2.46 bits per heavy atom. The molecule has 0 aliphatic heterocycles. The van der Waals surface area contributed by atoms with Crippen molar-refractivity contribution in [3.05, 3.63) is 35.9 Å². The number of aliphatic hydroxyl groups is 4. The Bertz CT molecular complexity index is 478. The van der Waals surface area contributed by atoms with Crippen LogP contribution in [0.3, 0.4) is 0 Å². The zero-order valence-electron chi connectivity index (χ0n) is 12.3. The third kappa shape index (κ3) is 7.09. The van der Waals surface area contributed by atoms with Crippen molar-refractivity contribution in [2.75, 3.05) is 6.61 Å². The molecule has 0 aliphatic carbocycles. The number of carbonyl (C=O) groups excluding carboxylic acids is 1. The number of benzene rings is 1. The van der Waals surface area contributed by atoms with Crippen LogP contribution in [0.2, 0.25) is 0 Å². The summed E-state index contributed by atoms with van der Waals surface area (Å²) in [6.07, 6.45) is -7.58. The molecular weight excluding hydrogens is 346 g/mol. The van der Waals surface area contributed by atoms with Gasteiger partial charge >= 0.3 is 0 Å². The minimum absolute atomic E-state index is 0.114. The Morgan fingerprint density at radius 1 is 1.17 bits per heavy atom. The average molecular weight is 364 g/mol. The summed E-state index contributed by atoms with van der Waals surface area (Å²) >= 11 is -0.403. The molecule has 0 fully saturated rings. The molecular formula is C13H18NO9S-. The fourth-order valence-electron chi connectivity index (χ4n) is 1.69. The van der Waals surface area contributed by atoms with Gasteiger partial charge in [-0.25, -0.2) is 4.89 Å². The highest BCUT2D eigenvalue weighted by Gasteiger charge is 2.34. The van der Waals surface area contributed by atoms with Crippen LogP contribution in [0.5, 0.6) is 0 Å². The number of carbonyl (C=O) groups is 1. The number of amides is 1. The number of rotatable bonds is 11.